The van der Waals surface area contributed by atoms with Crippen molar-refractivity contribution in [2.75, 3.05) is 13.2 Å². The third-order valence-electron chi connectivity index (χ3n) is 6.37. The summed E-state index contributed by atoms with van der Waals surface area (Å²) in [4.78, 5) is 31.1. The number of H-pyrrole nitrogens is 1. The van der Waals surface area contributed by atoms with Crippen molar-refractivity contribution in [3.63, 3.8) is 0 Å². The third kappa shape index (κ3) is 5.34. The third-order valence-corrected chi connectivity index (χ3v) is 6.37. The summed E-state index contributed by atoms with van der Waals surface area (Å²) in [6.45, 7) is 6.64. The maximum Gasteiger partial charge on any atom is 0.320 e. The maximum atomic E-state index is 11.9. The number of carboxylic acid groups (broad SMARTS) is 1. The molecule has 0 aliphatic carbocycles. The van der Waals surface area contributed by atoms with Crippen LogP contribution >= 0.6 is 0 Å². The number of benzene rings is 1. The number of nitrogens with zero attached hydrogens (tertiary/aromatic N) is 2. The Morgan fingerprint density at radius 1 is 1.33 bits per heavy atom. The molecule has 176 valence electrons. The smallest absolute Gasteiger partial charge is 0.320 e. The van der Waals surface area contributed by atoms with Gasteiger partial charge < -0.3 is 24.7 Å². The van der Waals surface area contributed by atoms with Crippen LogP contribution in [0.15, 0.2) is 35.3 Å². The quantitative estimate of drug-likeness (QED) is 0.459. The number of aliphatic carboxylic acids is 1. The summed E-state index contributed by atoms with van der Waals surface area (Å²) >= 11 is 0. The van der Waals surface area contributed by atoms with Crippen LogP contribution in [0.25, 0.3) is 22.4 Å². The number of carboxylic acids is 1. The van der Waals surface area contributed by atoms with Crippen molar-refractivity contribution < 1.29 is 14.6 Å². The minimum absolute atomic E-state index is 0.0979. The second kappa shape index (κ2) is 10.3. The van der Waals surface area contributed by atoms with Gasteiger partial charge in [0.15, 0.2) is 0 Å². The Morgan fingerprint density at radius 2 is 2.12 bits per heavy atom. The summed E-state index contributed by atoms with van der Waals surface area (Å²) < 4.78 is 7.78. The van der Waals surface area contributed by atoms with Crippen LogP contribution in [0.5, 0.6) is 0 Å². The highest BCUT2D eigenvalue weighted by Crippen LogP contribution is 2.28. The minimum Gasteiger partial charge on any atom is -0.480 e. The Hall–Kier alpha value is -2.97. The number of hydrogen-bond donors (Lipinski definition) is 3. The van der Waals surface area contributed by atoms with Gasteiger partial charge in [0, 0.05) is 43.6 Å². The molecule has 0 unspecified atom stereocenters. The fourth-order valence-corrected chi connectivity index (χ4v) is 4.45. The number of ether oxygens (including phenoxy) is 1. The summed E-state index contributed by atoms with van der Waals surface area (Å²) in [6, 6.07) is 7.44. The second-order valence-corrected chi connectivity index (χ2v) is 8.89. The van der Waals surface area contributed by atoms with E-state index >= 15 is 0 Å². The molecule has 3 heterocycles. The van der Waals surface area contributed by atoms with E-state index in [1.807, 2.05) is 25.1 Å². The van der Waals surface area contributed by atoms with Crippen molar-refractivity contribution in [2.24, 2.45) is 5.92 Å². The van der Waals surface area contributed by atoms with Crippen LogP contribution in [0.1, 0.15) is 43.7 Å². The molecule has 0 amide bonds. The van der Waals surface area contributed by atoms with Crippen molar-refractivity contribution in [1.29, 1.82) is 0 Å². The van der Waals surface area contributed by atoms with Crippen LogP contribution in [0.4, 0.5) is 0 Å². The van der Waals surface area contributed by atoms with Crippen molar-refractivity contribution in [2.45, 2.75) is 58.7 Å². The monoisotopic (exact) mass is 452 g/mol. The first-order chi connectivity index (χ1) is 16.0. The maximum absolute atomic E-state index is 11.9. The molecule has 8 nitrogen and oxygen atoms in total. The number of rotatable bonds is 9. The van der Waals surface area contributed by atoms with Gasteiger partial charge in [0.25, 0.3) is 5.56 Å². The molecule has 1 saturated heterocycles. The molecule has 3 aromatic rings. The SMILES string of the molecule is CCC[C@H](NCc1ccc2c(c1)nc(-c1c[nH]c(=O)c(C)c1)n2CC1CCOCC1)C(=O)O. The number of carbonyl (C=O) groups is 1. The molecule has 4 rings (SSSR count). The molecular weight excluding hydrogens is 420 g/mol. The number of aromatic amines is 1. The Balaban J connectivity index is 1.68. The zero-order chi connectivity index (χ0) is 23.4. The molecule has 1 aliphatic heterocycles. The lowest BCUT2D eigenvalue weighted by Gasteiger charge is -2.23. The molecule has 3 N–H and O–H groups in total. The zero-order valence-electron chi connectivity index (χ0n) is 19.3. The first kappa shape index (κ1) is 23.2. The van der Waals surface area contributed by atoms with Crippen LogP contribution in [-0.2, 0) is 22.6 Å². The lowest BCUT2D eigenvalue weighted by atomic mass is 10.00. The molecule has 8 heteroatoms. The van der Waals surface area contributed by atoms with Gasteiger partial charge in [0.05, 0.1) is 11.0 Å². The van der Waals surface area contributed by atoms with Crippen molar-refractivity contribution in [1.82, 2.24) is 19.9 Å². The lowest BCUT2D eigenvalue weighted by molar-refractivity contribution is -0.139. The van der Waals surface area contributed by atoms with Gasteiger partial charge in [-0.25, -0.2) is 4.98 Å². The first-order valence-corrected chi connectivity index (χ1v) is 11.7. The molecule has 0 radical (unpaired) electrons. The average molecular weight is 453 g/mol. The molecule has 33 heavy (non-hydrogen) atoms. The summed E-state index contributed by atoms with van der Waals surface area (Å²) in [5, 5.41) is 12.6. The normalized spacial score (nSPS) is 15.7. The highest BCUT2D eigenvalue weighted by atomic mass is 16.5. The van der Waals surface area contributed by atoms with Crippen LogP contribution in [0.3, 0.4) is 0 Å². The van der Waals surface area contributed by atoms with E-state index in [0.29, 0.717) is 24.4 Å². The number of aryl methyl sites for hydroxylation is 1. The number of pyridine rings is 1. The lowest BCUT2D eigenvalue weighted by Crippen LogP contribution is -2.35. The Bertz CT molecular complexity index is 1180. The highest BCUT2D eigenvalue weighted by molar-refractivity contribution is 5.81. The molecule has 0 bridgehead atoms. The summed E-state index contributed by atoms with van der Waals surface area (Å²) in [5.74, 6) is 0.509. The summed E-state index contributed by atoms with van der Waals surface area (Å²) in [6.07, 6.45) is 5.15. The van der Waals surface area contributed by atoms with E-state index in [1.54, 1.807) is 13.1 Å². The number of fused-ring (bicyclic) bond motifs is 1. The van der Waals surface area contributed by atoms with Crippen LogP contribution < -0.4 is 10.9 Å². The first-order valence-electron chi connectivity index (χ1n) is 11.7. The van der Waals surface area contributed by atoms with Gasteiger partial charge >= 0.3 is 5.97 Å². The van der Waals surface area contributed by atoms with E-state index in [0.717, 1.165) is 67.0 Å². The molecule has 0 saturated carbocycles. The number of imidazole rings is 1. The molecule has 0 spiro atoms. The van der Waals surface area contributed by atoms with Gasteiger partial charge in [-0.3, -0.25) is 9.59 Å². The molecule has 1 aliphatic rings. The number of nitrogens with one attached hydrogen (secondary N) is 2. The van der Waals surface area contributed by atoms with Gasteiger partial charge in [-0.2, -0.15) is 0 Å². The van der Waals surface area contributed by atoms with Gasteiger partial charge in [-0.15, -0.1) is 0 Å². The van der Waals surface area contributed by atoms with E-state index in [9.17, 15) is 14.7 Å². The topological polar surface area (TPSA) is 109 Å². The molecular formula is C25H32N4O4. The average Bonchev–Trinajstić information content (AvgIpc) is 3.16. The predicted octanol–water partition coefficient (Wildman–Crippen LogP) is 3.47. The van der Waals surface area contributed by atoms with Crippen LogP contribution in [0, 0.1) is 12.8 Å². The standard InChI is InChI=1S/C25H32N4O4/c1-3-4-20(25(31)32)26-13-18-5-6-22-21(12-18)28-23(19-11-16(2)24(30)27-14-19)29(22)15-17-7-9-33-10-8-17/h5-6,11-12,14,17,20,26H,3-4,7-10,13,15H2,1-2H3,(H,27,30)(H,31,32)/t20-/m0/s1. The van der Waals surface area contributed by atoms with E-state index < -0.39 is 12.0 Å². The van der Waals surface area contributed by atoms with Gasteiger partial charge in [-0.05, 0) is 55.9 Å². The second-order valence-electron chi connectivity index (χ2n) is 8.89. The Kier molecular flexibility index (Phi) is 7.25. The Labute approximate surface area is 193 Å². The number of hydrogen-bond acceptors (Lipinski definition) is 5. The molecule has 1 atom stereocenters. The zero-order valence-corrected chi connectivity index (χ0v) is 19.3. The molecule has 1 fully saturated rings. The van der Waals surface area contributed by atoms with Gasteiger partial charge in [0.2, 0.25) is 0 Å². The predicted molar refractivity (Wildman–Crippen MR) is 127 cm³/mol. The highest BCUT2D eigenvalue weighted by Gasteiger charge is 2.20. The number of aromatic nitrogens is 3. The molecule has 2 aromatic heterocycles. The summed E-state index contributed by atoms with van der Waals surface area (Å²) in [7, 11) is 0. The fourth-order valence-electron chi connectivity index (χ4n) is 4.45. The fraction of sp³-hybridized carbons (Fsp3) is 0.480. The van der Waals surface area contributed by atoms with E-state index in [2.05, 4.69) is 20.9 Å². The minimum atomic E-state index is -0.825. The molecule has 1 aromatic carbocycles. The van der Waals surface area contributed by atoms with Crippen molar-refractivity contribution in [3.8, 4) is 11.4 Å². The van der Waals surface area contributed by atoms with Crippen molar-refractivity contribution >= 4 is 17.0 Å². The van der Waals surface area contributed by atoms with Gasteiger partial charge in [-0.1, -0.05) is 19.4 Å². The van der Waals surface area contributed by atoms with E-state index in [4.69, 9.17) is 9.72 Å². The summed E-state index contributed by atoms with van der Waals surface area (Å²) in [5.41, 5.74) is 4.32. The van der Waals surface area contributed by atoms with Crippen LogP contribution in [0.2, 0.25) is 0 Å². The van der Waals surface area contributed by atoms with E-state index in [-0.39, 0.29) is 5.56 Å². The van der Waals surface area contributed by atoms with Gasteiger partial charge in [0.1, 0.15) is 11.9 Å². The Morgan fingerprint density at radius 3 is 2.82 bits per heavy atom. The van der Waals surface area contributed by atoms with E-state index in [1.165, 1.54) is 0 Å². The van der Waals surface area contributed by atoms with Crippen LogP contribution in [-0.4, -0.2) is 44.9 Å². The van der Waals surface area contributed by atoms with Crippen molar-refractivity contribution in [3.05, 3.63) is 51.9 Å². The largest absolute Gasteiger partial charge is 0.480 e.